The molecule has 0 fully saturated rings. The summed E-state index contributed by atoms with van der Waals surface area (Å²) in [4.78, 5) is 10.7. The van der Waals surface area contributed by atoms with E-state index in [-0.39, 0.29) is 23.9 Å². The van der Waals surface area contributed by atoms with Crippen LogP contribution in [0.4, 0.5) is 0 Å². The number of aliphatic carboxylic acids is 1. The van der Waals surface area contributed by atoms with Gasteiger partial charge in [0.1, 0.15) is 0 Å². The van der Waals surface area contributed by atoms with Crippen LogP contribution in [0.2, 0.25) is 0 Å². The lowest BCUT2D eigenvalue weighted by Gasteiger charge is -2.19. The van der Waals surface area contributed by atoms with Gasteiger partial charge in [-0.1, -0.05) is 83.1 Å². The summed E-state index contributed by atoms with van der Waals surface area (Å²) in [5.41, 5.74) is 3.03. The topological polar surface area (TPSA) is 77.8 Å². The van der Waals surface area contributed by atoms with Crippen LogP contribution in [-0.2, 0) is 4.79 Å². The average Bonchev–Trinajstić information content (AvgIpc) is 2.95. The van der Waals surface area contributed by atoms with E-state index in [2.05, 4.69) is 27.7 Å². The Morgan fingerprint density at radius 3 is 2.43 bits per heavy atom. The van der Waals surface area contributed by atoms with Crippen LogP contribution in [0.25, 0.3) is 0 Å². The number of hydrogen-bond donors (Lipinski definition) is 3. The second kappa shape index (κ2) is 14.0. The van der Waals surface area contributed by atoms with Gasteiger partial charge in [0.2, 0.25) is 0 Å². The van der Waals surface area contributed by atoms with E-state index in [9.17, 15) is 15.0 Å². The van der Waals surface area contributed by atoms with Crippen molar-refractivity contribution in [2.45, 2.75) is 123 Å². The number of carboxylic acid groups (broad SMARTS) is 1. The van der Waals surface area contributed by atoms with Crippen LogP contribution in [0.15, 0.2) is 23.3 Å². The zero-order valence-electron chi connectivity index (χ0n) is 19.8. The SMILES string of the molecule is CCCCC[C@H](O)C=C[C@@H]1C(CCCCCCC(=O)O)=C(CCC(C)(C)C)C[C@H]1O. The van der Waals surface area contributed by atoms with Gasteiger partial charge in [-0.2, -0.15) is 0 Å². The molecule has 0 amide bonds. The van der Waals surface area contributed by atoms with Gasteiger partial charge in [-0.25, -0.2) is 0 Å². The van der Waals surface area contributed by atoms with Crippen molar-refractivity contribution < 1.29 is 20.1 Å². The fraction of sp³-hybridized carbons (Fsp3) is 0.808. The third kappa shape index (κ3) is 11.3. The molecule has 0 aromatic rings. The maximum Gasteiger partial charge on any atom is 0.303 e. The molecule has 4 nitrogen and oxygen atoms in total. The summed E-state index contributed by atoms with van der Waals surface area (Å²) >= 11 is 0. The minimum absolute atomic E-state index is 0.0137. The van der Waals surface area contributed by atoms with E-state index >= 15 is 0 Å². The normalized spacial score (nSPS) is 21.0. The summed E-state index contributed by atoms with van der Waals surface area (Å²) in [6, 6.07) is 0. The van der Waals surface area contributed by atoms with Crippen molar-refractivity contribution in [2.24, 2.45) is 11.3 Å². The largest absolute Gasteiger partial charge is 0.481 e. The zero-order valence-corrected chi connectivity index (χ0v) is 19.8. The second-order valence-corrected chi connectivity index (χ2v) is 10.2. The van der Waals surface area contributed by atoms with Gasteiger partial charge in [0.15, 0.2) is 0 Å². The van der Waals surface area contributed by atoms with Gasteiger partial charge in [0.05, 0.1) is 12.2 Å². The van der Waals surface area contributed by atoms with Crippen molar-refractivity contribution in [1.82, 2.24) is 0 Å². The molecule has 1 aliphatic carbocycles. The van der Waals surface area contributed by atoms with Crippen LogP contribution in [0.3, 0.4) is 0 Å². The molecular weight excluding hydrogens is 376 g/mol. The Morgan fingerprint density at radius 1 is 1.10 bits per heavy atom. The molecule has 3 N–H and O–H groups in total. The van der Waals surface area contributed by atoms with Crippen LogP contribution in [-0.4, -0.2) is 33.5 Å². The van der Waals surface area contributed by atoms with E-state index < -0.39 is 12.1 Å². The third-order valence-electron chi connectivity index (χ3n) is 6.13. The molecule has 0 saturated carbocycles. The first-order valence-corrected chi connectivity index (χ1v) is 12.1. The molecule has 4 heteroatoms. The standard InChI is InChI=1S/C26H46O4/c1-5-6-9-12-21(27)15-16-23-22(13-10-7-8-11-14-25(29)30)20(19-24(23)28)17-18-26(2,3)4/h15-16,21,23-24,27-28H,5-14,17-19H2,1-4H3,(H,29,30)/t21-,23+,24+/m0/s1. The molecule has 0 aromatic carbocycles. The number of carbonyl (C=O) groups is 1. The monoisotopic (exact) mass is 422 g/mol. The highest BCUT2D eigenvalue weighted by atomic mass is 16.4. The summed E-state index contributed by atoms with van der Waals surface area (Å²) in [5, 5.41) is 29.8. The van der Waals surface area contributed by atoms with E-state index in [1.807, 2.05) is 12.2 Å². The minimum Gasteiger partial charge on any atom is -0.481 e. The number of unbranched alkanes of at least 4 members (excludes halogenated alkanes) is 5. The number of aliphatic hydroxyl groups excluding tert-OH is 2. The van der Waals surface area contributed by atoms with Crippen molar-refractivity contribution in [3.63, 3.8) is 0 Å². The van der Waals surface area contributed by atoms with Crippen LogP contribution >= 0.6 is 0 Å². The van der Waals surface area contributed by atoms with Crippen LogP contribution in [0.5, 0.6) is 0 Å². The number of hydrogen-bond acceptors (Lipinski definition) is 3. The van der Waals surface area contributed by atoms with Crippen molar-refractivity contribution >= 4 is 5.97 Å². The quantitative estimate of drug-likeness (QED) is 0.210. The lowest BCUT2D eigenvalue weighted by Crippen LogP contribution is -2.15. The van der Waals surface area contributed by atoms with Gasteiger partial charge in [0, 0.05) is 12.3 Å². The Morgan fingerprint density at radius 2 is 1.80 bits per heavy atom. The summed E-state index contributed by atoms with van der Waals surface area (Å²) in [6.07, 6.45) is 15.0. The lowest BCUT2D eigenvalue weighted by molar-refractivity contribution is -0.137. The first-order chi connectivity index (χ1) is 14.1. The van der Waals surface area contributed by atoms with E-state index in [0.717, 1.165) is 77.0 Å². The second-order valence-electron chi connectivity index (χ2n) is 10.2. The Hall–Kier alpha value is -1.13. The summed E-state index contributed by atoms with van der Waals surface area (Å²) in [5.74, 6) is -0.705. The first-order valence-electron chi connectivity index (χ1n) is 12.1. The van der Waals surface area contributed by atoms with Gasteiger partial charge in [-0.05, 0) is 50.4 Å². The molecule has 0 saturated heterocycles. The van der Waals surface area contributed by atoms with Crippen molar-refractivity contribution in [3.8, 4) is 0 Å². The number of aliphatic hydroxyl groups is 2. The van der Waals surface area contributed by atoms with Crippen LogP contribution in [0.1, 0.15) is 111 Å². The van der Waals surface area contributed by atoms with E-state index in [0.29, 0.717) is 0 Å². The summed E-state index contributed by atoms with van der Waals surface area (Å²) in [6.45, 7) is 8.93. The van der Waals surface area contributed by atoms with E-state index in [1.165, 1.54) is 11.1 Å². The molecule has 0 bridgehead atoms. The van der Waals surface area contributed by atoms with E-state index in [1.54, 1.807) is 0 Å². The number of carboxylic acids is 1. The highest BCUT2D eigenvalue weighted by Crippen LogP contribution is 2.40. The third-order valence-corrected chi connectivity index (χ3v) is 6.13. The molecule has 3 atom stereocenters. The average molecular weight is 423 g/mol. The maximum atomic E-state index is 10.7. The Labute approximate surface area is 184 Å². The summed E-state index contributed by atoms with van der Waals surface area (Å²) in [7, 11) is 0. The van der Waals surface area contributed by atoms with Gasteiger partial charge in [0.25, 0.3) is 0 Å². The molecule has 1 rings (SSSR count). The Balaban J connectivity index is 2.73. The Kier molecular flexibility index (Phi) is 12.6. The minimum atomic E-state index is -0.719. The van der Waals surface area contributed by atoms with Gasteiger partial charge < -0.3 is 15.3 Å². The fourth-order valence-corrected chi connectivity index (χ4v) is 4.25. The van der Waals surface area contributed by atoms with E-state index in [4.69, 9.17) is 5.11 Å². The molecule has 30 heavy (non-hydrogen) atoms. The lowest BCUT2D eigenvalue weighted by atomic mass is 9.86. The van der Waals surface area contributed by atoms with Crippen LogP contribution in [0, 0.1) is 11.3 Å². The predicted molar refractivity (Wildman–Crippen MR) is 124 cm³/mol. The fourth-order valence-electron chi connectivity index (χ4n) is 4.25. The maximum absolute atomic E-state index is 10.7. The molecule has 0 unspecified atom stereocenters. The van der Waals surface area contributed by atoms with Crippen molar-refractivity contribution in [2.75, 3.05) is 0 Å². The highest BCUT2D eigenvalue weighted by molar-refractivity contribution is 5.66. The predicted octanol–water partition coefficient (Wildman–Crippen LogP) is 6.41. The van der Waals surface area contributed by atoms with Crippen molar-refractivity contribution in [3.05, 3.63) is 23.3 Å². The molecular formula is C26H46O4. The molecule has 1 aliphatic rings. The van der Waals surface area contributed by atoms with Gasteiger partial charge in [-0.15, -0.1) is 0 Å². The van der Waals surface area contributed by atoms with Crippen LogP contribution < -0.4 is 0 Å². The van der Waals surface area contributed by atoms with Gasteiger partial charge >= 0.3 is 5.97 Å². The molecule has 0 aliphatic heterocycles. The first kappa shape index (κ1) is 26.9. The number of rotatable bonds is 15. The molecule has 174 valence electrons. The zero-order chi connectivity index (χ0) is 22.6. The molecule has 0 spiro atoms. The smallest absolute Gasteiger partial charge is 0.303 e. The Bertz CT molecular complexity index is 556. The highest BCUT2D eigenvalue weighted by Gasteiger charge is 2.31. The molecule has 0 radical (unpaired) electrons. The van der Waals surface area contributed by atoms with Gasteiger partial charge in [-0.3, -0.25) is 4.79 Å². The summed E-state index contributed by atoms with van der Waals surface area (Å²) < 4.78 is 0. The van der Waals surface area contributed by atoms with Crippen molar-refractivity contribution in [1.29, 1.82) is 0 Å². The molecule has 0 heterocycles. The molecule has 0 aromatic heterocycles.